The number of ether oxygens (including phenoxy) is 1. The molecule has 0 bridgehead atoms. The van der Waals surface area contributed by atoms with Gasteiger partial charge in [-0.15, -0.1) is 0 Å². The van der Waals surface area contributed by atoms with Crippen molar-refractivity contribution in [2.75, 3.05) is 32.1 Å². The first-order valence-corrected chi connectivity index (χ1v) is 8.64. The fourth-order valence-corrected chi connectivity index (χ4v) is 2.99. The monoisotopic (exact) mass is 348 g/mol. The smallest absolute Gasteiger partial charge is 0.315 e. The van der Waals surface area contributed by atoms with Crippen LogP contribution in [0.25, 0.3) is 0 Å². The highest BCUT2D eigenvalue weighted by Crippen LogP contribution is 2.19. The predicted octanol–water partition coefficient (Wildman–Crippen LogP) is 1.34. The molecule has 0 radical (unpaired) electrons. The summed E-state index contributed by atoms with van der Waals surface area (Å²) >= 11 is 0. The Labute approximate surface area is 149 Å². The van der Waals surface area contributed by atoms with Gasteiger partial charge >= 0.3 is 6.03 Å². The highest BCUT2D eigenvalue weighted by Gasteiger charge is 2.37. The molecule has 1 heterocycles. The summed E-state index contributed by atoms with van der Waals surface area (Å²) in [5.41, 5.74) is 1.84. The summed E-state index contributed by atoms with van der Waals surface area (Å²) in [4.78, 5) is 26.4. The number of carbonyl (C=O) groups excluding carboxylic acids is 2. The largest absolute Gasteiger partial charge is 0.378 e. The number of hydrogen-bond donors (Lipinski definition) is 3. The van der Waals surface area contributed by atoms with E-state index in [1.54, 1.807) is 7.11 Å². The third-order valence-corrected chi connectivity index (χ3v) is 4.58. The SMILES string of the molecule is CCNC(=O)N[C@H]1CN([C@H](C)C(=O)Nc2ccccc2C)C[C@@H]1OC. The molecular weight excluding hydrogens is 320 g/mol. The number of methoxy groups -OCH3 is 1. The standard InChI is InChI=1S/C18H28N4O3/c1-5-19-18(24)21-15-10-22(11-16(15)25-4)13(3)17(23)20-14-9-7-6-8-12(14)2/h6-9,13,15-16H,5,10-11H2,1-4H3,(H,20,23)(H2,19,21,24)/t13-,15+,16+/m1/s1. The zero-order chi connectivity index (χ0) is 18.4. The second kappa shape index (κ2) is 8.82. The van der Waals surface area contributed by atoms with E-state index >= 15 is 0 Å². The van der Waals surface area contributed by atoms with E-state index in [9.17, 15) is 9.59 Å². The average molecular weight is 348 g/mol. The topological polar surface area (TPSA) is 82.7 Å². The Morgan fingerprint density at radius 1 is 1.32 bits per heavy atom. The van der Waals surface area contributed by atoms with Gasteiger partial charge in [0.25, 0.3) is 0 Å². The first-order chi connectivity index (χ1) is 12.0. The number of urea groups is 1. The van der Waals surface area contributed by atoms with E-state index in [2.05, 4.69) is 16.0 Å². The summed E-state index contributed by atoms with van der Waals surface area (Å²) < 4.78 is 5.48. The zero-order valence-corrected chi connectivity index (χ0v) is 15.3. The van der Waals surface area contributed by atoms with Crippen LogP contribution >= 0.6 is 0 Å². The van der Waals surface area contributed by atoms with Gasteiger partial charge in [0.2, 0.25) is 5.91 Å². The number of likely N-dealkylation sites (tertiary alicyclic amines) is 1. The second-order valence-electron chi connectivity index (χ2n) is 6.32. The minimum Gasteiger partial charge on any atom is -0.378 e. The molecule has 3 atom stereocenters. The third kappa shape index (κ3) is 4.93. The molecule has 25 heavy (non-hydrogen) atoms. The molecule has 138 valence electrons. The Morgan fingerprint density at radius 3 is 2.68 bits per heavy atom. The highest BCUT2D eigenvalue weighted by molar-refractivity contribution is 5.95. The highest BCUT2D eigenvalue weighted by atomic mass is 16.5. The van der Waals surface area contributed by atoms with Crippen molar-refractivity contribution < 1.29 is 14.3 Å². The first kappa shape index (κ1) is 19.2. The summed E-state index contributed by atoms with van der Waals surface area (Å²) in [5.74, 6) is -0.0668. The second-order valence-corrected chi connectivity index (χ2v) is 6.32. The Balaban J connectivity index is 1.97. The molecule has 1 fully saturated rings. The minimum absolute atomic E-state index is 0.0668. The van der Waals surface area contributed by atoms with Crippen molar-refractivity contribution in [3.8, 4) is 0 Å². The third-order valence-electron chi connectivity index (χ3n) is 4.58. The van der Waals surface area contributed by atoms with Crippen LogP contribution in [0.1, 0.15) is 19.4 Å². The molecule has 7 heteroatoms. The van der Waals surface area contributed by atoms with Gasteiger partial charge in [0.05, 0.1) is 18.2 Å². The zero-order valence-electron chi connectivity index (χ0n) is 15.3. The molecule has 0 saturated carbocycles. The maximum atomic E-state index is 12.6. The Hall–Kier alpha value is -2.12. The summed E-state index contributed by atoms with van der Waals surface area (Å²) in [7, 11) is 1.62. The number of rotatable bonds is 6. The van der Waals surface area contributed by atoms with Gasteiger partial charge in [0.1, 0.15) is 0 Å². The van der Waals surface area contributed by atoms with Gasteiger partial charge in [-0.3, -0.25) is 9.69 Å². The maximum absolute atomic E-state index is 12.6. The number of anilines is 1. The molecule has 1 aromatic carbocycles. The molecule has 0 spiro atoms. The molecule has 3 N–H and O–H groups in total. The van der Waals surface area contributed by atoms with Crippen molar-refractivity contribution in [1.29, 1.82) is 0 Å². The van der Waals surface area contributed by atoms with Crippen LogP contribution < -0.4 is 16.0 Å². The normalized spacial score (nSPS) is 21.6. The first-order valence-electron chi connectivity index (χ1n) is 8.64. The van der Waals surface area contributed by atoms with Crippen LogP contribution in [0, 0.1) is 6.92 Å². The molecule has 1 aromatic rings. The predicted molar refractivity (Wildman–Crippen MR) is 97.6 cm³/mol. The van der Waals surface area contributed by atoms with Crippen LogP contribution in [0.5, 0.6) is 0 Å². The summed E-state index contributed by atoms with van der Waals surface area (Å²) in [6.45, 7) is 7.42. The van der Waals surface area contributed by atoms with E-state index in [0.717, 1.165) is 11.3 Å². The lowest BCUT2D eigenvalue weighted by Crippen LogP contribution is -2.48. The van der Waals surface area contributed by atoms with Crippen molar-refractivity contribution in [1.82, 2.24) is 15.5 Å². The molecule has 0 aromatic heterocycles. The van der Waals surface area contributed by atoms with Crippen LogP contribution in [0.3, 0.4) is 0 Å². The number of benzene rings is 1. The lowest BCUT2D eigenvalue weighted by Gasteiger charge is -2.23. The molecule has 0 unspecified atom stereocenters. The lowest BCUT2D eigenvalue weighted by atomic mass is 10.2. The van der Waals surface area contributed by atoms with Gasteiger partial charge in [-0.2, -0.15) is 0 Å². The molecule has 1 saturated heterocycles. The van der Waals surface area contributed by atoms with E-state index in [0.29, 0.717) is 19.6 Å². The number of amides is 3. The number of para-hydroxylation sites is 1. The van der Waals surface area contributed by atoms with Crippen LogP contribution in [-0.4, -0.2) is 61.8 Å². The van der Waals surface area contributed by atoms with Gasteiger partial charge < -0.3 is 20.7 Å². The van der Waals surface area contributed by atoms with Crippen LogP contribution in [0.15, 0.2) is 24.3 Å². The maximum Gasteiger partial charge on any atom is 0.315 e. The minimum atomic E-state index is -0.321. The van der Waals surface area contributed by atoms with E-state index in [4.69, 9.17) is 4.74 Å². The van der Waals surface area contributed by atoms with Crippen molar-refractivity contribution in [3.63, 3.8) is 0 Å². The molecule has 1 aliphatic rings. The van der Waals surface area contributed by atoms with Crippen molar-refractivity contribution >= 4 is 17.6 Å². The summed E-state index contributed by atoms with van der Waals surface area (Å²) in [6.07, 6.45) is -0.142. The van der Waals surface area contributed by atoms with Crippen molar-refractivity contribution in [2.24, 2.45) is 0 Å². The number of nitrogens with one attached hydrogen (secondary N) is 3. The van der Waals surface area contributed by atoms with Gasteiger partial charge in [0.15, 0.2) is 0 Å². The average Bonchev–Trinajstić information content (AvgIpc) is 2.99. The number of hydrogen-bond acceptors (Lipinski definition) is 4. The number of nitrogens with zero attached hydrogens (tertiary/aromatic N) is 1. The fourth-order valence-electron chi connectivity index (χ4n) is 2.99. The van der Waals surface area contributed by atoms with Crippen molar-refractivity contribution in [3.05, 3.63) is 29.8 Å². The molecule has 2 rings (SSSR count). The van der Waals surface area contributed by atoms with Gasteiger partial charge in [-0.05, 0) is 32.4 Å². The van der Waals surface area contributed by atoms with Crippen molar-refractivity contribution in [2.45, 2.75) is 39.0 Å². The lowest BCUT2D eigenvalue weighted by molar-refractivity contribution is -0.120. The number of aryl methyl sites for hydroxylation is 1. The summed E-state index contributed by atoms with van der Waals surface area (Å²) in [5, 5.41) is 8.61. The van der Waals surface area contributed by atoms with E-state index in [1.807, 2.05) is 49.9 Å². The van der Waals surface area contributed by atoms with E-state index < -0.39 is 0 Å². The molecule has 0 aliphatic carbocycles. The summed E-state index contributed by atoms with van der Waals surface area (Å²) in [6, 6.07) is 7.01. The molecule has 3 amide bonds. The molecular formula is C18H28N4O3. The number of carbonyl (C=O) groups is 2. The van der Waals surface area contributed by atoms with Gasteiger partial charge in [-0.25, -0.2) is 4.79 Å². The Morgan fingerprint density at radius 2 is 2.04 bits per heavy atom. The quantitative estimate of drug-likeness (QED) is 0.724. The molecule has 1 aliphatic heterocycles. The van der Waals surface area contributed by atoms with Gasteiger partial charge in [-0.1, -0.05) is 18.2 Å². The fraction of sp³-hybridized carbons (Fsp3) is 0.556. The van der Waals surface area contributed by atoms with Crippen LogP contribution in [0.4, 0.5) is 10.5 Å². The Bertz CT molecular complexity index is 608. The van der Waals surface area contributed by atoms with Crippen LogP contribution in [-0.2, 0) is 9.53 Å². The van der Waals surface area contributed by atoms with E-state index in [-0.39, 0.29) is 30.1 Å². The van der Waals surface area contributed by atoms with E-state index in [1.165, 1.54) is 0 Å². The molecule has 7 nitrogen and oxygen atoms in total. The van der Waals surface area contributed by atoms with Gasteiger partial charge in [0, 0.05) is 32.4 Å². The Kier molecular flexibility index (Phi) is 6.78. The van der Waals surface area contributed by atoms with Crippen LogP contribution in [0.2, 0.25) is 0 Å².